The second kappa shape index (κ2) is 9.29. The first kappa shape index (κ1) is 20.5. The molecular weight excluding hydrogens is 485 g/mol. The average Bonchev–Trinajstić information content (AvgIpc) is 3.13. The minimum atomic E-state index is -0.0756. The van der Waals surface area contributed by atoms with E-state index in [-0.39, 0.29) is 22.9 Å². The molecule has 8 nitrogen and oxygen atoms in total. The number of rotatable bonds is 7. The predicted molar refractivity (Wildman–Crippen MR) is 119 cm³/mol. The maximum absolute atomic E-state index is 10.1. The number of hydrogen-bond acceptors (Lipinski definition) is 7. The highest BCUT2D eigenvalue weighted by Gasteiger charge is 2.14. The molecule has 0 atom stereocenters. The summed E-state index contributed by atoms with van der Waals surface area (Å²) in [7, 11) is 2.92. The number of aromatic hydroxyl groups is 1. The Balaban J connectivity index is 1.87. The summed E-state index contributed by atoms with van der Waals surface area (Å²) in [5.74, 6) is 1.22. The van der Waals surface area contributed by atoms with Crippen molar-refractivity contribution in [3.05, 3.63) is 53.1 Å². The fraction of sp³-hybridized carbons (Fsp3) is 0.150. The highest BCUT2D eigenvalue weighted by Crippen LogP contribution is 2.37. The zero-order valence-electron chi connectivity index (χ0n) is 15.7. The molecule has 3 N–H and O–H groups in total. The molecule has 0 radical (unpaired) electrons. The number of aromatic amines is 1. The Morgan fingerprint density at radius 3 is 2.83 bits per heavy atom. The molecular formula is C20H18IN5O3. The lowest BCUT2D eigenvalue weighted by Crippen LogP contribution is -1.94. The van der Waals surface area contributed by atoms with Gasteiger partial charge in [0.2, 0.25) is 5.75 Å². The van der Waals surface area contributed by atoms with Gasteiger partial charge in [0, 0.05) is 21.9 Å². The van der Waals surface area contributed by atoms with Crippen LogP contribution in [0.4, 0.5) is 17.3 Å². The second-order valence-electron chi connectivity index (χ2n) is 5.90. The van der Waals surface area contributed by atoms with Crippen molar-refractivity contribution in [2.45, 2.75) is 4.43 Å². The van der Waals surface area contributed by atoms with Gasteiger partial charge in [0.15, 0.2) is 17.3 Å². The van der Waals surface area contributed by atoms with Gasteiger partial charge in [-0.15, -0.1) is 0 Å². The van der Waals surface area contributed by atoms with E-state index in [4.69, 9.17) is 9.47 Å². The Labute approximate surface area is 181 Å². The summed E-state index contributed by atoms with van der Waals surface area (Å²) in [6.45, 7) is 0. The lowest BCUT2D eigenvalue weighted by Gasteiger charge is -2.09. The van der Waals surface area contributed by atoms with Crippen molar-refractivity contribution in [2.24, 2.45) is 4.99 Å². The van der Waals surface area contributed by atoms with Crippen LogP contribution in [0.2, 0.25) is 0 Å². The molecule has 0 aliphatic rings. The third kappa shape index (κ3) is 4.60. The van der Waals surface area contributed by atoms with E-state index in [0.717, 1.165) is 10.1 Å². The molecule has 3 rings (SSSR count). The molecule has 1 heterocycles. The van der Waals surface area contributed by atoms with Gasteiger partial charge in [-0.2, -0.15) is 10.4 Å². The normalized spacial score (nSPS) is 10.7. The van der Waals surface area contributed by atoms with Crippen molar-refractivity contribution in [2.75, 3.05) is 19.5 Å². The van der Waals surface area contributed by atoms with Gasteiger partial charge in [0.1, 0.15) is 17.5 Å². The van der Waals surface area contributed by atoms with Crippen LogP contribution in [0.1, 0.15) is 16.7 Å². The zero-order chi connectivity index (χ0) is 20.8. The third-order valence-electron chi connectivity index (χ3n) is 4.03. The number of nitrogens with one attached hydrogen (secondary N) is 2. The molecule has 29 heavy (non-hydrogen) atoms. The Morgan fingerprint density at radius 2 is 2.14 bits per heavy atom. The first-order valence-electron chi connectivity index (χ1n) is 8.49. The van der Waals surface area contributed by atoms with Crippen molar-refractivity contribution >= 4 is 46.1 Å². The number of benzene rings is 2. The molecule has 0 amide bonds. The maximum Gasteiger partial charge on any atom is 0.203 e. The number of alkyl halides is 1. The summed E-state index contributed by atoms with van der Waals surface area (Å²) in [5, 5.41) is 29.7. The van der Waals surface area contributed by atoms with Gasteiger partial charge in [-0.3, -0.25) is 5.10 Å². The Morgan fingerprint density at radius 1 is 1.31 bits per heavy atom. The molecule has 0 fully saturated rings. The lowest BCUT2D eigenvalue weighted by atomic mass is 10.2. The fourth-order valence-corrected chi connectivity index (χ4v) is 3.15. The van der Waals surface area contributed by atoms with Gasteiger partial charge < -0.3 is 19.9 Å². The zero-order valence-corrected chi connectivity index (χ0v) is 17.9. The van der Waals surface area contributed by atoms with Gasteiger partial charge in [0.05, 0.1) is 14.2 Å². The molecule has 0 saturated heterocycles. The van der Waals surface area contributed by atoms with Crippen LogP contribution in [-0.2, 0) is 4.43 Å². The highest BCUT2D eigenvalue weighted by atomic mass is 127. The minimum absolute atomic E-state index is 0.0756. The number of nitriles is 1. The molecule has 0 bridgehead atoms. The van der Waals surface area contributed by atoms with Crippen LogP contribution in [0.3, 0.4) is 0 Å². The van der Waals surface area contributed by atoms with Crippen LogP contribution >= 0.6 is 22.6 Å². The number of nitrogens with zero attached hydrogens (tertiary/aromatic N) is 3. The largest absolute Gasteiger partial charge is 0.504 e. The first-order valence-corrected chi connectivity index (χ1v) is 10.0. The van der Waals surface area contributed by atoms with Crippen LogP contribution in [0.15, 0.2) is 41.4 Å². The van der Waals surface area contributed by atoms with Gasteiger partial charge >= 0.3 is 0 Å². The van der Waals surface area contributed by atoms with E-state index in [0.29, 0.717) is 17.1 Å². The van der Waals surface area contributed by atoms with Gasteiger partial charge in [-0.1, -0.05) is 34.7 Å². The quantitative estimate of drug-likeness (QED) is 0.250. The van der Waals surface area contributed by atoms with E-state index >= 15 is 0 Å². The number of aromatic nitrogens is 2. The summed E-state index contributed by atoms with van der Waals surface area (Å²) in [6.07, 6.45) is 1.49. The van der Waals surface area contributed by atoms with Crippen LogP contribution in [0, 0.1) is 11.3 Å². The number of ether oxygens (including phenoxy) is 2. The van der Waals surface area contributed by atoms with Crippen molar-refractivity contribution in [3.63, 3.8) is 0 Å². The molecule has 0 spiro atoms. The van der Waals surface area contributed by atoms with Crippen LogP contribution in [-0.4, -0.2) is 35.7 Å². The monoisotopic (exact) mass is 503 g/mol. The number of methoxy groups -OCH3 is 2. The highest BCUT2D eigenvalue weighted by molar-refractivity contribution is 14.1. The molecule has 0 unspecified atom stereocenters. The summed E-state index contributed by atoms with van der Waals surface area (Å²) in [4.78, 5) is 4.28. The van der Waals surface area contributed by atoms with E-state index in [9.17, 15) is 10.4 Å². The molecule has 0 aliphatic heterocycles. The summed E-state index contributed by atoms with van der Waals surface area (Å²) in [5.41, 5.74) is 2.86. The molecule has 3 aromatic rings. The first-order chi connectivity index (χ1) is 14.1. The van der Waals surface area contributed by atoms with Gasteiger partial charge in [-0.25, -0.2) is 4.99 Å². The predicted octanol–water partition coefficient (Wildman–Crippen LogP) is 4.43. The number of H-pyrrole nitrogens is 1. The Hall–Kier alpha value is -3.26. The van der Waals surface area contributed by atoms with E-state index in [2.05, 4.69) is 49.2 Å². The molecule has 2 aromatic carbocycles. The van der Waals surface area contributed by atoms with Crippen molar-refractivity contribution < 1.29 is 14.6 Å². The topological polar surface area (TPSA) is 116 Å². The summed E-state index contributed by atoms with van der Waals surface area (Å²) < 4.78 is 11.2. The molecule has 0 aliphatic carbocycles. The van der Waals surface area contributed by atoms with Crippen molar-refractivity contribution in [1.29, 1.82) is 5.26 Å². The molecule has 1 aromatic heterocycles. The van der Waals surface area contributed by atoms with E-state index in [1.807, 2.05) is 24.3 Å². The number of phenols is 1. The second-order valence-corrected chi connectivity index (χ2v) is 6.66. The molecule has 148 valence electrons. The summed E-state index contributed by atoms with van der Waals surface area (Å²) in [6, 6.07) is 13.2. The van der Waals surface area contributed by atoms with Gasteiger partial charge in [-0.05, 0) is 29.8 Å². The average molecular weight is 503 g/mol. The standard InChI is InChI=1S/C20H18IN5O3/c1-28-17-8-13(7-16(27)18(17)29-2)11-23-19-15(10-22)20(26-25-19)24-14-5-3-4-12(6-14)9-21/h3-8,11,27H,9H2,1-2H3,(H2,24,25,26). The van der Waals surface area contributed by atoms with Crippen LogP contribution in [0.25, 0.3) is 0 Å². The molecule has 9 heteroatoms. The molecule has 0 saturated carbocycles. The van der Waals surface area contributed by atoms with E-state index in [1.165, 1.54) is 32.1 Å². The smallest absolute Gasteiger partial charge is 0.203 e. The lowest BCUT2D eigenvalue weighted by molar-refractivity contribution is 0.333. The SMILES string of the molecule is COc1cc(C=Nc2n[nH]c(Nc3cccc(CI)c3)c2C#N)cc(O)c1OC. The fourth-order valence-electron chi connectivity index (χ4n) is 2.67. The third-order valence-corrected chi connectivity index (χ3v) is 4.91. The van der Waals surface area contributed by atoms with E-state index in [1.54, 1.807) is 6.07 Å². The Kier molecular flexibility index (Phi) is 6.56. The number of aliphatic imine (C=N–C) groups is 1. The van der Waals surface area contributed by atoms with E-state index < -0.39 is 0 Å². The summed E-state index contributed by atoms with van der Waals surface area (Å²) >= 11 is 2.29. The van der Waals surface area contributed by atoms with Gasteiger partial charge in [0.25, 0.3) is 0 Å². The van der Waals surface area contributed by atoms with Crippen LogP contribution < -0.4 is 14.8 Å². The maximum atomic E-state index is 10.1. The van der Waals surface area contributed by atoms with Crippen molar-refractivity contribution in [3.8, 4) is 23.3 Å². The number of hydrogen-bond donors (Lipinski definition) is 3. The van der Waals surface area contributed by atoms with Crippen molar-refractivity contribution in [1.82, 2.24) is 10.2 Å². The number of anilines is 2. The minimum Gasteiger partial charge on any atom is -0.504 e. The Bertz CT molecular complexity index is 1090. The van der Waals surface area contributed by atoms with Crippen LogP contribution in [0.5, 0.6) is 17.2 Å². The number of phenolic OH excluding ortho intramolecular Hbond substituents is 1. The number of halogens is 1.